The summed E-state index contributed by atoms with van der Waals surface area (Å²) in [4.78, 5) is 16.8. The summed E-state index contributed by atoms with van der Waals surface area (Å²) in [7, 11) is -3.59. The van der Waals surface area contributed by atoms with Crippen molar-refractivity contribution in [3.63, 3.8) is 0 Å². The molecule has 4 aromatic rings. The molecule has 2 aromatic heterocycles. The van der Waals surface area contributed by atoms with E-state index in [9.17, 15) is 13.2 Å². The molecular weight excluding hydrogens is 400 g/mol. The highest BCUT2D eigenvalue weighted by Crippen LogP contribution is 2.22. The summed E-state index contributed by atoms with van der Waals surface area (Å²) in [6.45, 7) is 2.23. The number of furan rings is 1. The van der Waals surface area contributed by atoms with E-state index in [0.717, 1.165) is 22.9 Å². The van der Waals surface area contributed by atoms with Crippen LogP contribution in [0.3, 0.4) is 0 Å². The van der Waals surface area contributed by atoms with Gasteiger partial charge in [-0.1, -0.05) is 31.2 Å². The van der Waals surface area contributed by atoms with Crippen LogP contribution in [0.5, 0.6) is 0 Å². The van der Waals surface area contributed by atoms with E-state index >= 15 is 0 Å². The quantitative estimate of drug-likeness (QED) is 0.506. The van der Waals surface area contributed by atoms with Crippen molar-refractivity contribution in [2.24, 2.45) is 0 Å². The second-order valence-corrected chi connectivity index (χ2v) is 8.80. The average Bonchev–Trinajstić information content (AvgIpc) is 3.22. The zero-order chi connectivity index (χ0) is 21.1. The van der Waals surface area contributed by atoms with Crippen LogP contribution in [-0.4, -0.2) is 19.3 Å². The maximum Gasteiger partial charge on any atom is 0.287 e. The average molecular weight is 420 g/mol. The predicted octanol–water partition coefficient (Wildman–Crippen LogP) is 4.15. The summed E-state index contributed by atoms with van der Waals surface area (Å²) < 4.78 is 31.2. The lowest BCUT2D eigenvalue weighted by Gasteiger charge is -2.08. The van der Waals surface area contributed by atoms with E-state index in [4.69, 9.17) is 4.42 Å². The summed E-state index contributed by atoms with van der Waals surface area (Å²) >= 11 is 0. The van der Waals surface area contributed by atoms with Gasteiger partial charge in [-0.2, -0.15) is 0 Å². The van der Waals surface area contributed by atoms with Crippen molar-refractivity contribution in [2.75, 3.05) is 0 Å². The minimum atomic E-state index is -3.59. The van der Waals surface area contributed by atoms with Gasteiger partial charge in [-0.3, -0.25) is 9.78 Å². The highest BCUT2D eigenvalue weighted by atomic mass is 32.2. The zero-order valence-corrected chi connectivity index (χ0v) is 17.1. The molecule has 4 rings (SSSR count). The number of nitrogens with zero attached hydrogens (tertiary/aromatic N) is 1. The summed E-state index contributed by atoms with van der Waals surface area (Å²) in [5.74, 6) is -0.146. The van der Waals surface area contributed by atoms with Crippen molar-refractivity contribution in [1.29, 1.82) is 0 Å². The number of hydrogen-bond donors (Lipinski definition) is 1. The molecule has 0 aliphatic carbocycles. The van der Waals surface area contributed by atoms with E-state index in [0.29, 0.717) is 5.58 Å². The number of pyridine rings is 1. The van der Waals surface area contributed by atoms with Gasteiger partial charge in [0.05, 0.1) is 16.0 Å². The maximum absolute atomic E-state index is 12.9. The molecule has 152 valence electrons. The molecule has 30 heavy (non-hydrogen) atoms. The Labute approximate surface area is 174 Å². The lowest BCUT2D eigenvalue weighted by molar-refractivity contribution is 0.0925. The van der Waals surface area contributed by atoms with Crippen molar-refractivity contribution in [3.8, 4) is 0 Å². The van der Waals surface area contributed by atoms with Gasteiger partial charge < -0.3 is 9.73 Å². The third-order valence-electron chi connectivity index (χ3n) is 4.85. The number of nitrogens with one attached hydrogen (secondary N) is 1. The Morgan fingerprint density at radius 2 is 1.80 bits per heavy atom. The number of fused-ring (bicyclic) bond motifs is 1. The van der Waals surface area contributed by atoms with Crippen LogP contribution in [0, 0.1) is 0 Å². The minimum absolute atomic E-state index is 0.202. The lowest BCUT2D eigenvalue weighted by atomic mass is 10.2. The van der Waals surface area contributed by atoms with Gasteiger partial charge in [0.15, 0.2) is 11.3 Å². The van der Waals surface area contributed by atoms with Crippen molar-refractivity contribution >= 4 is 26.7 Å². The van der Waals surface area contributed by atoms with E-state index in [2.05, 4.69) is 10.3 Å². The van der Waals surface area contributed by atoms with Gasteiger partial charge >= 0.3 is 0 Å². The first-order chi connectivity index (χ1) is 14.5. The first-order valence-electron chi connectivity index (χ1n) is 9.52. The van der Waals surface area contributed by atoms with E-state index in [1.54, 1.807) is 67.0 Å². The predicted molar refractivity (Wildman–Crippen MR) is 113 cm³/mol. The molecule has 7 heteroatoms. The summed E-state index contributed by atoms with van der Waals surface area (Å²) in [6.07, 6.45) is 3.96. The van der Waals surface area contributed by atoms with Gasteiger partial charge in [-0.05, 0) is 53.9 Å². The second-order valence-electron chi connectivity index (χ2n) is 6.86. The molecular formula is C23H20N2O4S. The topological polar surface area (TPSA) is 89.3 Å². The van der Waals surface area contributed by atoms with Crippen molar-refractivity contribution in [1.82, 2.24) is 10.3 Å². The summed E-state index contributed by atoms with van der Waals surface area (Å²) in [5, 5.41) is 3.58. The van der Waals surface area contributed by atoms with E-state index in [1.165, 1.54) is 0 Å². The SMILES string of the molecule is CCc1cccc(S(=O)(=O)c2ccc(CNC(=O)c3cc4ccncc4o3)cc2)c1. The Hall–Kier alpha value is -3.45. The van der Waals surface area contributed by atoms with Gasteiger partial charge in [-0.25, -0.2) is 8.42 Å². The first kappa shape index (κ1) is 19.8. The van der Waals surface area contributed by atoms with Crippen LogP contribution >= 0.6 is 0 Å². The molecule has 1 amide bonds. The van der Waals surface area contributed by atoms with Crippen molar-refractivity contribution in [2.45, 2.75) is 29.7 Å². The Morgan fingerprint density at radius 1 is 1.00 bits per heavy atom. The number of carbonyl (C=O) groups is 1. The maximum atomic E-state index is 12.9. The zero-order valence-electron chi connectivity index (χ0n) is 16.3. The van der Waals surface area contributed by atoms with Crippen LogP contribution < -0.4 is 5.32 Å². The Morgan fingerprint density at radius 3 is 2.53 bits per heavy atom. The molecule has 0 aliphatic rings. The molecule has 0 aliphatic heterocycles. The van der Waals surface area contributed by atoms with Crippen molar-refractivity contribution in [3.05, 3.63) is 89.9 Å². The number of amides is 1. The van der Waals surface area contributed by atoms with Crippen molar-refractivity contribution < 1.29 is 17.6 Å². The number of aryl methyl sites for hydroxylation is 1. The number of benzene rings is 2. The van der Waals surface area contributed by atoms with Crippen LogP contribution in [-0.2, 0) is 22.8 Å². The highest BCUT2D eigenvalue weighted by Gasteiger charge is 2.18. The third-order valence-corrected chi connectivity index (χ3v) is 6.62. The fourth-order valence-electron chi connectivity index (χ4n) is 3.12. The fourth-order valence-corrected chi connectivity index (χ4v) is 4.45. The molecule has 0 fully saturated rings. The number of sulfone groups is 1. The number of hydrogen-bond acceptors (Lipinski definition) is 5. The largest absolute Gasteiger partial charge is 0.449 e. The molecule has 0 bridgehead atoms. The molecule has 1 N–H and O–H groups in total. The normalized spacial score (nSPS) is 11.5. The van der Waals surface area contributed by atoms with Crippen LogP contribution in [0.15, 0.2) is 87.3 Å². The number of aromatic nitrogens is 1. The number of rotatable bonds is 6. The lowest BCUT2D eigenvalue weighted by Crippen LogP contribution is -2.22. The summed E-state index contributed by atoms with van der Waals surface area (Å²) in [5.41, 5.74) is 2.29. The Bertz CT molecular complexity index is 1280. The van der Waals surface area contributed by atoms with Gasteiger partial charge in [0.2, 0.25) is 9.84 Å². The standard InChI is InChI=1S/C23H20N2O4S/c1-2-16-4-3-5-20(12-16)30(27,28)19-8-6-17(7-9-19)14-25-23(26)21-13-18-10-11-24-15-22(18)29-21/h3-13,15H,2,14H2,1H3,(H,25,26). The van der Waals surface area contributed by atoms with Crippen LogP contribution in [0.4, 0.5) is 0 Å². The molecule has 0 atom stereocenters. The van der Waals surface area contributed by atoms with Gasteiger partial charge in [0, 0.05) is 18.1 Å². The molecule has 0 unspecified atom stereocenters. The second kappa shape index (κ2) is 8.12. The third kappa shape index (κ3) is 3.97. The van der Waals surface area contributed by atoms with E-state index in [1.807, 2.05) is 13.0 Å². The van der Waals surface area contributed by atoms with Crippen LogP contribution in [0.2, 0.25) is 0 Å². The monoisotopic (exact) mass is 420 g/mol. The molecule has 0 spiro atoms. The van der Waals surface area contributed by atoms with E-state index in [-0.39, 0.29) is 28.0 Å². The summed E-state index contributed by atoms with van der Waals surface area (Å²) in [6, 6.07) is 16.9. The van der Waals surface area contributed by atoms with Crippen LogP contribution in [0.25, 0.3) is 11.0 Å². The smallest absolute Gasteiger partial charge is 0.287 e. The van der Waals surface area contributed by atoms with Gasteiger partial charge in [0.1, 0.15) is 0 Å². The fraction of sp³-hybridized carbons (Fsp3) is 0.130. The Balaban J connectivity index is 1.46. The highest BCUT2D eigenvalue weighted by molar-refractivity contribution is 7.91. The van der Waals surface area contributed by atoms with Crippen LogP contribution in [0.1, 0.15) is 28.6 Å². The number of carbonyl (C=O) groups excluding carboxylic acids is 1. The first-order valence-corrected chi connectivity index (χ1v) is 11.0. The molecule has 2 aromatic carbocycles. The molecule has 2 heterocycles. The molecule has 0 saturated carbocycles. The minimum Gasteiger partial charge on any atom is -0.449 e. The van der Waals surface area contributed by atoms with Gasteiger partial charge in [-0.15, -0.1) is 0 Å². The van der Waals surface area contributed by atoms with E-state index < -0.39 is 9.84 Å². The molecule has 6 nitrogen and oxygen atoms in total. The molecule has 0 radical (unpaired) electrons. The molecule has 0 saturated heterocycles. The van der Waals surface area contributed by atoms with Gasteiger partial charge in [0.25, 0.3) is 5.91 Å². The Kier molecular flexibility index (Phi) is 5.37.